The predicted octanol–water partition coefficient (Wildman–Crippen LogP) is 19.1. The molecule has 2 aliphatic heterocycles. The Hall–Kier alpha value is -8.52. The molecule has 3 aromatic heterocycles. The first-order valence-corrected chi connectivity index (χ1v) is 29.8. The van der Waals surface area contributed by atoms with E-state index in [1.54, 1.807) is 0 Å². The molecule has 0 saturated carbocycles. The minimum Gasteiger partial charge on any atom is -0.310 e. The van der Waals surface area contributed by atoms with Crippen LogP contribution in [0.4, 0.5) is 34.1 Å². The van der Waals surface area contributed by atoms with Crippen LogP contribution in [0.1, 0.15) is 48.6 Å². The van der Waals surface area contributed by atoms with Crippen molar-refractivity contribution in [2.75, 3.05) is 9.80 Å². The van der Waals surface area contributed by atoms with E-state index in [2.05, 4.69) is 285 Å². The first kappa shape index (κ1) is 46.6. The van der Waals surface area contributed by atoms with Crippen molar-refractivity contribution in [3.05, 3.63) is 283 Å². The summed E-state index contributed by atoms with van der Waals surface area (Å²) in [7, 11) is 0. The van der Waals surface area contributed by atoms with Crippen molar-refractivity contribution >= 4 is 141 Å². The summed E-state index contributed by atoms with van der Waals surface area (Å²) in [6.07, 6.45) is 0. The van der Waals surface area contributed by atoms with Crippen LogP contribution in [-0.4, -0.2) is 6.71 Å². The number of hydrogen-bond donors (Lipinski definition) is 0. The van der Waals surface area contributed by atoms with Crippen LogP contribution in [0.2, 0.25) is 0 Å². The van der Waals surface area contributed by atoms with E-state index in [0.29, 0.717) is 0 Å². The third-order valence-corrected chi connectivity index (χ3v) is 20.5. The van der Waals surface area contributed by atoms with Gasteiger partial charge < -0.3 is 9.80 Å². The van der Waals surface area contributed by atoms with Crippen molar-refractivity contribution < 1.29 is 0 Å². The summed E-state index contributed by atoms with van der Waals surface area (Å²) < 4.78 is 7.87. The van der Waals surface area contributed by atoms with Crippen molar-refractivity contribution in [3.8, 4) is 11.1 Å². The van der Waals surface area contributed by atoms with Crippen LogP contribution in [0.3, 0.4) is 0 Å². The van der Waals surface area contributed by atoms with E-state index >= 15 is 0 Å². The first-order valence-electron chi connectivity index (χ1n) is 27.3. The van der Waals surface area contributed by atoms with E-state index in [0.717, 1.165) is 17.1 Å². The zero-order valence-corrected chi connectivity index (χ0v) is 46.4. The van der Waals surface area contributed by atoms with E-state index in [1.165, 1.54) is 122 Å². The maximum absolute atomic E-state index is 2.65. The number of hydrogen-bond acceptors (Lipinski definition) is 5. The van der Waals surface area contributed by atoms with Crippen molar-refractivity contribution in [2.45, 2.75) is 31.6 Å². The minimum absolute atomic E-state index is 0.0111. The molecule has 374 valence electrons. The quantitative estimate of drug-likeness (QED) is 0.147. The number of thiophene rings is 3. The highest BCUT2D eigenvalue weighted by atomic mass is 32.1. The van der Waals surface area contributed by atoms with Crippen molar-refractivity contribution in [2.24, 2.45) is 0 Å². The fourth-order valence-electron chi connectivity index (χ4n) is 13.4. The van der Waals surface area contributed by atoms with Crippen molar-refractivity contribution in [1.29, 1.82) is 0 Å². The van der Waals surface area contributed by atoms with Gasteiger partial charge in [-0.25, -0.2) is 0 Å². The summed E-state index contributed by atoms with van der Waals surface area (Å²) in [5, 5.41) is 6.45. The lowest BCUT2D eigenvalue weighted by Gasteiger charge is -2.47. The smallest absolute Gasteiger partial charge is 0.259 e. The maximum Gasteiger partial charge on any atom is 0.259 e. The number of rotatable bonds is 7. The topological polar surface area (TPSA) is 6.48 Å². The molecular weight excluding hydrogens is 1010 g/mol. The zero-order valence-electron chi connectivity index (χ0n) is 43.9. The molecule has 14 aromatic rings. The van der Waals surface area contributed by atoms with E-state index < -0.39 is 5.41 Å². The largest absolute Gasteiger partial charge is 0.310 e. The summed E-state index contributed by atoms with van der Waals surface area (Å²) in [5.74, 6) is 0. The molecule has 0 unspecified atom stereocenters. The molecule has 0 atom stereocenters. The Morgan fingerprint density at radius 2 is 0.975 bits per heavy atom. The first-order chi connectivity index (χ1) is 38.8. The molecule has 0 radical (unpaired) electrons. The van der Waals surface area contributed by atoms with E-state index in [4.69, 9.17) is 0 Å². The Kier molecular flexibility index (Phi) is 10.5. The van der Waals surface area contributed by atoms with Crippen LogP contribution in [0.15, 0.2) is 255 Å². The van der Waals surface area contributed by atoms with E-state index in [-0.39, 0.29) is 12.1 Å². The highest BCUT2D eigenvalue weighted by Crippen LogP contribution is 2.55. The summed E-state index contributed by atoms with van der Waals surface area (Å²) in [4.78, 5) is 5.14. The molecule has 0 bridgehead atoms. The number of nitrogens with zero attached hydrogens (tertiary/aromatic N) is 2. The Labute approximate surface area is 472 Å². The lowest BCUT2D eigenvalue weighted by Crippen LogP contribution is -2.64. The lowest BCUT2D eigenvalue weighted by atomic mass is 9.31. The Balaban J connectivity index is 1.02. The molecule has 16 rings (SSSR count). The van der Waals surface area contributed by atoms with Gasteiger partial charge in [0, 0.05) is 68.8 Å². The molecular formula is C73H51BN2S3. The molecule has 11 aromatic carbocycles. The summed E-state index contributed by atoms with van der Waals surface area (Å²) >= 11 is 5.76. The monoisotopic (exact) mass is 1060 g/mol. The van der Waals surface area contributed by atoms with Gasteiger partial charge in [0.15, 0.2) is 0 Å². The molecule has 0 aliphatic carbocycles. The number of anilines is 6. The molecule has 2 nitrogen and oxygen atoms in total. The second-order valence-corrected chi connectivity index (χ2v) is 25.5. The normalized spacial score (nSPS) is 13.6. The van der Waals surface area contributed by atoms with Crippen LogP contribution < -0.4 is 25.5 Å². The third kappa shape index (κ3) is 7.01. The van der Waals surface area contributed by atoms with Gasteiger partial charge in [-0.05, 0) is 144 Å². The van der Waals surface area contributed by atoms with Gasteiger partial charge in [-0.15, -0.1) is 34.0 Å². The highest BCUT2D eigenvalue weighted by molar-refractivity contribution is 7.33. The van der Waals surface area contributed by atoms with Gasteiger partial charge in [0.05, 0.1) is 15.8 Å². The fourth-order valence-corrected chi connectivity index (χ4v) is 17.1. The average Bonchev–Trinajstić information content (AvgIpc) is 2.75. The number of benzene rings is 11. The van der Waals surface area contributed by atoms with E-state index in [1.807, 2.05) is 34.0 Å². The molecule has 0 saturated heterocycles. The fraction of sp³-hybridized carbons (Fsp3) is 0.0685. The molecule has 79 heavy (non-hydrogen) atoms. The van der Waals surface area contributed by atoms with Gasteiger partial charge in [-0.2, -0.15) is 0 Å². The predicted molar refractivity (Wildman–Crippen MR) is 344 cm³/mol. The summed E-state index contributed by atoms with van der Waals surface area (Å²) in [6, 6.07) is 96.6. The zero-order chi connectivity index (χ0) is 52.6. The maximum atomic E-state index is 2.65. The second kappa shape index (κ2) is 17.8. The second-order valence-electron chi connectivity index (χ2n) is 22.3. The van der Waals surface area contributed by atoms with Crippen LogP contribution in [0, 0.1) is 0 Å². The molecule has 0 N–H and O–H groups in total. The molecule has 5 heterocycles. The lowest BCUT2D eigenvalue weighted by molar-refractivity contribution is 0.590. The molecule has 0 amide bonds. The Morgan fingerprint density at radius 3 is 1.71 bits per heavy atom. The summed E-state index contributed by atoms with van der Waals surface area (Å²) in [6.45, 7) is 6.84. The number of fused-ring (bicyclic) bond motifs is 12. The van der Waals surface area contributed by atoms with E-state index in [9.17, 15) is 0 Å². The SMILES string of the molecule is CC(C)(C)c1ccc(N(c2ccc3c(c2)N(c2cccc4c2sc2ccccc24)c2cccc4c2B3c2sc3ccc(-c5ccccc5)cc3c2C4(c2ccccc2)c2ccccc2)c2ccc3sc4ccccc4c3c2)cc1. The Bertz CT molecular complexity index is 4680. The van der Waals surface area contributed by atoms with Gasteiger partial charge in [0.1, 0.15) is 0 Å². The van der Waals surface area contributed by atoms with Crippen LogP contribution in [0.25, 0.3) is 61.6 Å². The third-order valence-electron chi connectivity index (χ3n) is 16.9. The van der Waals surface area contributed by atoms with Crippen LogP contribution in [-0.2, 0) is 10.8 Å². The molecule has 6 heteroatoms. The van der Waals surface area contributed by atoms with Gasteiger partial charge in [0.25, 0.3) is 6.71 Å². The standard InChI is InChI=1S/C73H51BN2S3/c1-72(2,3)48-34-36-51(37-35-48)75(52-39-42-66-57(44-52)55-26-14-15-31-64(55)77-66)53-38-40-60-63(45-53)76(62-30-17-27-56-54-25-13-16-32-65(54)78-70(56)62)61-29-18-28-59-69(61)74(60)71-68(58-43-47(33-41-67(58)79-71)46-19-7-4-8-20-46)73(59,49-21-9-5-10-22-49)50-23-11-6-12-24-50/h4-45H,1-3H3. The van der Waals surface area contributed by atoms with Crippen LogP contribution in [0.5, 0.6) is 0 Å². The van der Waals surface area contributed by atoms with Crippen LogP contribution >= 0.6 is 34.0 Å². The van der Waals surface area contributed by atoms with Gasteiger partial charge in [-0.3, -0.25) is 0 Å². The Morgan fingerprint density at radius 1 is 0.405 bits per heavy atom. The van der Waals surface area contributed by atoms with Crippen molar-refractivity contribution in [1.82, 2.24) is 0 Å². The molecule has 0 fully saturated rings. The van der Waals surface area contributed by atoms with Gasteiger partial charge in [0.2, 0.25) is 0 Å². The molecule has 2 aliphatic rings. The highest BCUT2D eigenvalue weighted by Gasteiger charge is 2.53. The minimum atomic E-state index is -0.652. The van der Waals surface area contributed by atoms with Gasteiger partial charge >= 0.3 is 0 Å². The molecule has 0 spiro atoms. The summed E-state index contributed by atoms with van der Waals surface area (Å²) in [5.41, 5.74) is 18.0. The van der Waals surface area contributed by atoms with Gasteiger partial charge in [-0.1, -0.05) is 197 Å². The van der Waals surface area contributed by atoms with Crippen molar-refractivity contribution in [3.63, 3.8) is 0 Å². The average molecular weight is 1060 g/mol.